The normalized spacial score (nSPS) is 10.3. The minimum absolute atomic E-state index is 0.176. The number of benzene rings is 1. The van der Waals surface area contributed by atoms with Gasteiger partial charge in [-0.25, -0.2) is 0 Å². The van der Waals surface area contributed by atoms with E-state index in [2.05, 4.69) is 15.9 Å². The van der Waals surface area contributed by atoms with E-state index in [1.165, 1.54) is 12.3 Å². The summed E-state index contributed by atoms with van der Waals surface area (Å²) < 4.78 is 5.32. The number of nitro groups is 2. The van der Waals surface area contributed by atoms with Gasteiger partial charge in [0.25, 0.3) is 11.4 Å². The molecule has 0 N–H and O–H groups in total. The molecule has 0 aliphatic heterocycles. The van der Waals surface area contributed by atoms with E-state index in [1.807, 2.05) is 0 Å². The van der Waals surface area contributed by atoms with Gasteiger partial charge in [-0.15, -0.1) is 0 Å². The first kappa shape index (κ1) is 12.2. The molecule has 92 valence electrons. The molecule has 0 bridgehead atoms. The van der Waals surface area contributed by atoms with Gasteiger partial charge in [0.05, 0.1) is 22.2 Å². The Hall–Kier alpha value is -2.22. The summed E-state index contributed by atoms with van der Waals surface area (Å²) in [5, 5.41) is 21.6. The molecule has 1 aromatic heterocycles. The molecule has 0 saturated carbocycles. The van der Waals surface area contributed by atoms with Gasteiger partial charge >= 0.3 is 0 Å². The SMILES string of the molecule is O=[N+]([O-])c1cc(Br)c(-c2ccco2)c([N+](=O)[O-])c1. The highest BCUT2D eigenvalue weighted by Crippen LogP contribution is 2.39. The van der Waals surface area contributed by atoms with Crippen molar-refractivity contribution in [2.24, 2.45) is 0 Å². The predicted molar refractivity (Wildman–Crippen MR) is 65.2 cm³/mol. The molecule has 1 aromatic carbocycles. The molecular weight excluding hydrogens is 308 g/mol. The second-order valence-corrected chi connectivity index (χ2v) is 4.17. The smallest absolute Gasteiger partial charge is 0.288 e. The number of nitro benzene ring substituents is 2. The Morgan fingerprint density at radius 2 is 1.89 bits per heavy atom. The maximum absolute atomic E-state index is 11.0. The Bertz CT molecular complexity index is 623. The van der Waals surface area contributed by atoms with Crippen molar-refractivity contribution in [2.45, 2.75) is 0 Å². The quantitative estimate of drug-likeness (QED) is 0.637. The summed E-state index contributed by atoms with van der Waals surface area (Å²) in [7, 11) is 0. The van der Waals surface area contributed by atoms with Crippen LogP contribution in [0.1, 0.15) is 0 Å². The van der Waals surface area contributed by atoms with Crippen molar-refractivity contribution in [3.63, 3.8) is 0 Å². The van der Waals surface area contributed by atoms with Gasteiger partial charge in [0.2, 0.25) is 0 Å². The van der Waals surface area contributed by atoms with E-state index in [4.69, 9.17) is 4.42 Å². The van der Waals surface area contributed by atoms with E-state index in [1.54, 1.807) is 12.1 Å². The van der Waals surface area contributed by atoms with Crippen molar-refractivity contribution in [1.29, 1.82) is 0 Å². The summed E-state index contributed by atoms with van der Waals surface area (Å²) in [6.07, 6.45) is 1.37. The first-order chi connectivity index (χ1) is 8.50. The van der Waals surface area contributed by atoms with Crippen molar-refractivity contribution in [1.82, 2.24) is 0 Å². The topological polar surface area (TPSA) is 99.4 Å². The average Bonchev–Trinajstić information content (AvgIpc) is 2.80. The monoisotopic (exact) mass is 312 g/mol. The van der Waals surface area contributed by atoms with Gasteiger partial charge in [-0.2, -0.15) is 0 Å². The molecule has 2 aromatic rings. The van der Waals surface area contributed by atoms with Crippen LogP contribution in [0, 0.1) is 20.2 Å². The lowest BCUT2D eigenvalue weighted by atomic mass is 10.1. The molecule has 18 heavy (non-hydrogen) atoms. The van der Waals surface area contributed by atoms with E-state index >= 15 is 0 Å². The maximum atomic E-state index is 11.0. The van der Waals surface area contributed by atoms with Crippen LogP contribution in [0.3, 0.4) is 0 Å². The molecule has 8 heteroatoms. The van der Waals surface area contributed by atoms with Crippen LogP contribution in [0.5, 0.6) is 0 Å². The number of non-ortho nitro benzene ring substituents is 1. The molecule has 0 aliphatic rings. The molecule has 0 aliphatic carbocycles. The fourth-order valence-electron chi connectivity index (χ4n) is 1.49. The van der Waals surface area contributed by atoms with Crippen LogP contribution < -0.4 is 0 Å². The summed E-state index contributed by atoms with van der Waals surface area (Å²) in [5.41, 5.74) is -0.564. The van der Waals surface area contributed by atoms with Crippen molar-refractivity contribution in [3.8, 4) is 11.3 Å². The number of hydrogen-bond acceptors (Lipinski definition) is 5. The van der Waals surface area contributed by atoms with E-state index in [0.29, 0.717) is 0 Å². The molecular formula is C10H5BrN2O5. The van der Waals surface area contributed by atoms with E-state index in [0.717, 1.165) is 6.07 Å². The number of furan rings is 1. The van der Waals surface area contributed by atoms with E-state index in [9.17, 15) is 20.2 Å². The van der Waals surface area contributed by atoms with Gasteiger partial charge in [0, 0.05) is 10.5 Å². The lowest BCUT2D eigenvalue weighted by Gasteiger charge is -2.03. The number of hydrogen-bond donors (Lipinski definition) is 0. The second-order valence-electron chi connectivity index (χ2n) is 3.31. The Labute approximate surface area is 108 Å². The third kappa shape index (κ3) is 2.09. The van der Waals surface area contributed by atoms with Gasteiger partial charge in [-0.1, -0.05) is 0 Å². The Morgan fingerprint density at radius 3 is 2.39 bits per heavy atom. The summed E-state index contributed by atoms with van der Waals surface area (Å²) in [6, 6.07) is 5.22. The second kappa shape index (κ2) is 4.57. The fraction of sp³-hybridized carbons (Fsp3) is 0. The number of nitrogens with zero attached hydrogens (tertiary/aromatic N) is 2. The molecule has 0 atom stereocenters. The Morgan fingerprint density at radius 1 is 1.17 bits per heavy atom. The third-order valence-corrected chi connectivity index (χ3v) is 2.85. The van der Waals surface area contributed by atoms with Crippen molar-refractivity contribution in [2.75, 3.05) is 0 Å². The van der Waals surface area contributed by atoms with Crippen LogP contribution in [0.2, 0.25) is 0 Å². The zero-order valence-electron chi connectivity index (χ0n) is 8.70. The van der Waals surface area contributed by atoms with Gasteiger partial charge in [-0.3, -0.25) is 20.2 Å². The van der Waals surface area contributed by atoms with Gasteiger partial charge in [0.15, 0.2) is 0 Å². The molecule has 0 saturated heterocycles. The molecule has 7 nitrogen and oxygen atoms in total. The van der Waals surface area contributed by atoms with Crippen LogP contribution in [0.15, 0.2) is 39.4 Å². The third-order valence-electron chi connectivity index (χ3n) is 2.23. The van der Waals surface area contributed by atoms with Crippen molar-refractivity contribution >= 4 is 27.3 Å². The molecule has 0 unspecified atom stereocenters. The first-order valence-electron chi connectivity index (χ1n) is 4.67. The summed E-state index contributed by atoms with van der Waals surface area (Å²) in [6.45, 7) is 0. The lowest BCUT2D eigenvalue weighted by Crippen LogP contribution is -1.96. The van der Waals surface area contributed by atoms with Gasteiger partial charge in [-0.05, 0) is 28.1 Å². The highest BCUT2D eigenvalue weighted by Gasteiger charge is 2.25. The van der Waals surface area contributed by atoms with Crippen LogP contribution in [-0.2, 0) is 0 Å². The molecule has 0 amide bonds. The Kier molecular flexibility index (Phi) is 3.11. The molecule has 0 spiro atoms. The summed E-state index contributed by atoms with van der Waals surface area (Å²) in [5.74, 6) is 0.267. The summed E-state index contributed by atoms with van der Waals surface area (Å²) >= 11 is 3.09. The first-order valence-corrected chi connectivity index (χ1v) is 5.46. The molecule has 0 fully saturated rings. The predicted octanol–water partition coefficient (Wildman–Crippen LogP) is 3.53. The standard InChI is InChI=1S/C10H5BrN2O5/c11-7-4-6(12(14)15)5-8(13(16)17)10(7)9-2-1-3-18-9/h1-5H. The van der Waals surface area contributed by atoms with Gasteiger partial charge < -0.3 is 4.42 Å². The molecule has 1 heterocycles. The zero-order chi connectivity index (χ0) is 13.3. The van der Waals surface area contributed by atoms with Crippen LogP contribution in [-0.4, -0.2) is 9.85 Å². The largest absolute Gasteiger partial charge is 0.464 e. The average molecular weight is 313 g/mol. The Balaban J connectivity index is 2.73. The van der Waals surface area contributed by atoms with Crippen LogP contribution >= 0.6 is 15.9 Å². The minimum atomic E-state index is -0.691. The number of halogens is 1. The minimum Gasteiger partial charge on any atom is -0.464 e. The van der Waals surface area contributed by atoms with Crippen LogP contribution in [0.25, 0.3) is 11.3 Å². The molecule has 2 rings (SSSR count). The van der Waals surface area contributed by atoms with Crippen LogP contribution in [0.4, 0.5) is 11.4 Å². The molecule has 0 radical (unpaired) electrons. The van der Waals surface area contributed by atoms with Gasteiger partial charge in [0.1, 0.15) is 11.3 Å². The van der Waals surface area contributed by atoms with Crippen molar-refractivity contribution < 1.29 is 14.3 Å². The fourth-order valence-corrected chi connectivity index (χ4v) is 2.13. The highest BCUT2D eigenvalue weighted by atomic mass is 79.9. The van der Waals surface area contributed by atoms with E-state index in [-0.39, 0.29) is 27.2 Å². The number of rotatable bonds is 3. The van der Waals surface area contributed by atoms with E-state index < -0.39 is 9.85 Å². The maximum Gasteiger partial charge on any atom is 0.288 e. The highest BCUT2D eigenvalue weighted by molar-refractivity contribution is 9.10. The summed E-state index contributed by atoms with van der Waals surface area (Å²) in [4.78, 5) is 20.3. The zero-order valence-corrected chi connectivity index (χ0v) is 10.3. The lowest BCUT2D eigenvalue weighted by molar-refractivity contribution is -0.393. The van der Waals surface area contributed by atoms with Crippen molar-refractivity contribution in [3.05, 3.63) is 55.2 Å².